The van der Waals surface area contributed by atoms with Crippen molar-refractivity contribution in [3.8, 4) is 11.4 Å². The Bertz CT molecular complexity index is 744. The monoisotopic (exact) mass is 265 g/mol. The molecule has 1 fully saturated rings. The van der Waals surface area contributed by atoms with E-state index in [9.17, 15) is 0 Å². The van der Waals surface area contributed by atoms with Gasteiger partial charge in [-0.1, -0.05) is 41.6 Å². The van der Waals surface area contributed by atoms with Crippen molar-refractivity contribution < 1.29 is 4.52 Å². The Balaban J connectivity index is 1.71. The first-order valence-corrected chi connectivity index (χ1v) is 6.96. The fourth-order valence-electron chi connectivity index (χ4n) is 2.72. The second kappa shape index (κ2) is 4.72. The molecule has 0 unspecified atom stereocenters. The maximum absolute atomic E-state index is 5.39. The zero-order chi connectivity index (χ0) is 13.4. The summed E-state index contributed by atoms with van der Waals surface area (Å²) in [5.41, 5.74) is 0.997. The predicted octanol–water partition coefficient (Wildman–Crippen LogP) is 3.31. The molecular formula is C16H15N3O. The zero-order valence-electron chi connectivity index (χ0n) is 11.0. The van der Waals surface area contributed by atoms with Gasteiger partial charge in [-0.15, -0.1) is 0 Å². The Morgan fingerprint density at radius 1 is 1.10 bits per heavy atom. The summed E-state index contributed by atoms with van der Waals surface area (Å²) in [6, 6.07) is 14.7. The summed E-state index contributed by atoms with van der Waals surface area (Å²) >= 11 is 0. The molecule has 3 aromatic rings. The highest BCUT2D eigenvalue weighted by Gasteiger charge is 2.22. The molecule has 0 amide bonds. The van der Waals surface area contributed by atoms with Crippen LogP contribution >= 0.6 is 0 Å². The lowest BCUT2D eigenvalue weighted by Crippen LogP contribution is -2.12. The van der Waals surface area contributed by atoms with Crippen molar-refractivity contribution in [2.24, 2.45) is 0 Å². The van der Waals surface area contributed by atoms with Crippen LogP contribution in [-0.2, 0) is 0 Å². The molecule has 1 atom stereocenters. The molecule has 0 radical (unpaired) electrons. The van der Waals surface area contributed by atoms with Gasteiger partial charge in [-0.2, -0.15) is 4.98 Å². The van der Waals surface area contributed by atoms with Gasteiger partial charge in [-0.25, -0.2) is 0 Å². The normalized spacial score (nSPS) is 18.7. The Morgan fingerprint density at radius 2 is 2.00 bits per heavy atom. The van der Waals surface area contributed by atoms with Gasteiger partial charge in [0.25, 0.3) is 0 Å². The smallest absolute Gasteiger partial charge is 0.244 e. The molecule has 20 heavy (non-hydrogen) atoms. The quantitative estimate of drug-likeness (QED) is 0.772. The number of benzene rings is 2. The zero-order valence-corrected chi connectivity index (χ0v) is 11.0. The fraction of sp³-hybridized carbons (Fsp3) is 0.250. The molecule has 2 aromatic carbocycles. The number of aromatic nitrogens is 2. The molecule has 1 aromatic heterocycles. The molecule has 0 saturated carbocycles. The average molecular weight is 265 g/mol. The first-order valence-electron chi connectivity index (χ1n) is 6.96. The number of nitrogens with one attached hydrogen (secondary N) is 1. The lowest BCUT2D eigenvalue weighted by molar-refractivity contribution is 0.345. The van der Waals surface area contributed by atoms with Crippen LogP contribution in [0, 0.1) is 0 Å². The predicted molar refractivity (Wildman–Crippen MR) is 77.2 cm³/mol. The molecule has 1 aliphatic rings. The van der Waals surface area contributed by atoms with Crippen molar-refractivity contribution in [3.05, 3.63) is 48.4 Å². The molecule has 4 heteroatoms. The van der Waals surface area contributed by atoms with Gasteiger partial charge >= 0.3 is 0 Å². The van der Waals surface area contributed by atoms with Crippen LogP contribution in [0.25, 0.3) is 22.2 Å². The lowest BCUT2D eigenvalue weighted by Gasteiger charge is -2.01. The SMILES string of the molecule is c1ccc2cc(-c3noc([C@H]4CCCN4)n3)ccc2c1. The van der Waals surface area contributed by atoms with E-state index in [0.29, 0.717) is 11.7 Å². The molecule has 0 bridgehead atoms. The summed E-state index contributed by atoms with van der Waals surface area (Å²) in [5.74, 6) is 1.37. The fourth-order valence-corrected chi connectivity index (χ4v) is 2.72. The van der Waals surface area contributed by atoms with E-state index in [1.165, 1.54) is 17.2 Å². The molecule has 0 spiro atoms. The number of hydrogen-bond acceptors (Lipinski definition) is 4. The third kappa shape index (κ3) is 1.98. The van der Waals surface area contributed by atoms with Gasteiger partial charge in [0.2, 0.25) is 11.7 Å². The van der Waals surface area contributed by atoms with Crippen LogP contribution in [0.15, 0.2) is 47.0 Å². The molecule has 1 aliphatic heterocycles. The minimum absolute atomic E-state index is 0.219. The van der Waals surface area contributed by atoms with E-state index in [2.05, 4.69) is 39.7 Å². The number of fused-ring (bicyclic) bond motifs is 1. The van der Waals surface area contributed by atoms with Gasteiger partial charge in [-0.05, 0) is 36.2 Å². The Labute approximate surface area is 116 Å². The summed E-state index contributed by atoms with van der Waals surface area (Å²) in [4.78, 5) is 4.53. The Kier molecular flexibility index (Phi) is 2.74. The Morgan fingerprint density at radius 3 is 2.85 bits per heavy atom. The van der Waals surface area contributed by atoms with E-state index >= 15 is 0 Å². The van der Waals surface area contributed by atoms with Gasteiger partial charge in [0, 0.05) is 5.56 Å². The molecule has 4 rings (SSSR count). The van der Waals surface area contributed by atoms with Gasteiger partial charge < -0.3 is 9.84 Å². The minimum atomic E-state index is 0.219. The van der Waals surface area contributed by atoms with Gasteiger partial charge in [-0.3, -0.25) is 0 Å². The first kappa shape index (κ1) is 11.6. The molecule has 1 saturated heterocycles. The molecule has 2 heterocycles. The van der Waals surface area contributed by atoms with Crippen molar-refractivity contribution in [3.63, 3.8) is 0 Å². The highest BCUT2D eigenvalue weighted by molar-refractivity contribution is 5.86. The maximum Gasteiger partial charge on any atom is 0.244 e. The third-order valence-corrected chi connectivity index (χ3v) is 3.81. The third-order valence-electron chi connectivity index (χ3n) is 3.81. The molecule has 1 N–H and O–H groups in total. The second-order valence-corrected chi connectivity index (χ2v) is 5.17. The summed E-state index contributed by atoms with van der Waals surface area (Å²) in [5, 5.41) is 9.89. The van der Waals surface area contributed by atoms with E-state index in [1.807, 2.05) is 18.2 Å². The van der Waals surface area contributed by atoms with Crippen molar-refractivity contribution in [2.45, 2.75) is 18.9 Å². The molecule has 100 valence electrons. The van der Waals surface area contributed by atoms with Crippen LogP contribution in [0.4, 0.5) is 0 Å². The van der Waals surface area contributed by atoms with E-state index in [-0.39, 0.29) is 6.04 Å². The van der Waals surface area contributed by atoms with Crippen LogP contribution in [0.1, 0.15) is 24.8 Å². The lowest BCUT2D eigenvalue weighted by atomic mass is 10.1. The second-order valence-electron chi connectivity index (χ2n) is 5.17. The number of nitrogens with zero attached hydrogens (tertiary/aromatic N) is 2. The number of hydrogen-bond donors (Lipinski definition) is 1. The number of rotatable bonds is 2. The van der Waals surface area contributed by atoms with Gasteiger partial charge in [0.05, 0.1) is 6.04 Å². The summed E-state index contributed by atoms with van der Waals surface area (Å²) in [7, 11) is 0. The topological polar surface area (TPSA) is 51.0 Å². The molecular weight excluding hydrogens is 250 g/mol. The standard InChI is InChI=1S/C16H15N3O/c1-2-5-12-10-13(8-7-11(12)4-1)15-18-16(20-19-15)14-6-3-9-17-14/h1-2,4-5,7-8,10,14,17H,3,6,9H2/t14-/m1/s1. The maximum atomic E-state index is 5.39. The minimum Gasteiger partial charge on any atom is -0.337 e. The van der Waals surface area contributed by atoms with Crippen molar-refractivity contribution in [1.82, 2.24) is 15.5 Å². The summed E-state index contributed by atoms with van der Waals surface area (Å²) in [6.07, 6.45) is 2.23. The summed E-state index contributed by atoms with van der Waals surface area (Å²) < 4.78 is 5.39. The van der Waals surface area contributed by atoms with E-state index in [0.717, 1.165) is 18.5 Å². The van der Waals surface area contributed by atoms with Crippen molar-refractivity contribution in [2.75, 3.05) is 6.54 Å². The highest BCUT2D eigenvalue weighted by Crippen LogP contribution is 2.26. The summed E-state index contributed by atoms with van der Waals surface area (Å²) in [6.45, 7) is 1.03. The largest absolute Gasteiger partial charge is 0.337 e. The van der Waals surface area contributed by atoms with Gasteiger partial charge in [0.1, 0.15) is 0 Å². The van der Waals surface area contributed by atoms with E-state index in [4.69, 9.17) is 4.52 Å². The van der Waals surface area contributed by atoms with Crippen LogP contribution in [-0.4, -0.2) is 16.7 Å². The van der Waals surface area contributed by atoms with Crippen molar-refractivity contribution in [1.29, 1.82) is 0 Å². The van der Waals surface area contributed by atoms with Crippen LogP contribution in [0.5, 0.6) is 0 Å². The van der Waals surface area contributed by atoms with Crippen molar-refractivity contribution >= 4 is 10.8 Å². The highest BCUT2D eigenvalue weighted by atomic mass is 16.5. The first-order chi connectivity index (χ1) is 9.90. The van der Waals surface area contributed by atoms with Gasteiger partial charge in [0.15, 0.2) is 0 Å². The van der Waals surface area contributed by atoms with Crippen LogP contribution in [0.2, 0.25) is 0 Å². The van der Waals surface area contributed by atoms with E-state index < -0.39 is 0 Å². The molecule has 0 aliphatic carbocycles. The average Bonchev–Trinajstić information content (AvgIpc) is 3.17. The Hall–Kier alpha value is -2.20. The van der Waals surface area contributed by atoms with Crippen LogP contribution < -0.4 is 5.32 Å². The van der Waals surface area contributed by atoms with Crippen LogP contribution in [0.3, 0.4) is 0 Å². The van der Waals surface area contributed by atoms with E-state index in [1.54, 1.807) is 0 Å². The molecule has 4 nitrogen and oxygen atoms in total.